The summed E-state index contributed by atoms with van der Waals surface area (Å²) in [7, 11) is 10.8. The molecule has 0 spiro atoms. The number of nitrogens with two attached hydrogens (primary N) is 1. The Hall–Kier alpha value is -3.96. The minimum atomic E-state index is -4.19. The molecule has 4 rings (SSSR count). The number of alkyl halides is 3. The molecule has 2 N–H and O–H groups in total. The molecule has 56 heavy (non-hydrogen) atoms. The van der Waals surface area contributed by atoms with Crippen molar-refractivity contribution in [1.29, 1.82) is 0 Å². The summed E-state index contributed by atoms with van der Waals surface area (Å²) in [4.78, 5) is 14.0. The van der Waals surface area contributed by atoms with Crippen LogP contribution in [0.1, 0.15) is 104 Å². The van der Waals surface area contributed by atoms with E-state index in [9.17, 15) is 18.0 Å². The first kappa shape index (κ1) is 56.4. The van der Waals surface area contributed by atoms with Crippen molar-refractivity contribution in [3.63, 3.8) is 0 Å². The highest BCUT2D eigenvalue weighted by Gasteiger charge is 2.31. The molecule has 0 amide bonds. The molecule has 0 saturated heterocycles. The Balaban J connectivity index is -0.00000142. The van der Waals surface area contributed by atoms with Gasteiger partial charge in [-0.1, -0.05) is 85.9 Å². The fourth-order valence-electron chi connectivity index (χ4n) is 5.27. The maximum absolute atomic E-state index is 11.8. The topological polar surface area (TPSA) is 77.0 Å². The van der Waals surface area contributed by atoms with Crippen molar-refractivity contribution in [1.82, 2.24) is 0 Å². The Morgan fingerprint density at radius 3 is 1.79 bits per heavy atom. The average molecular weight is 809 g/mol. The van der Waals surface area contributed by atoms with Crippen LogP contribution in [0.3, 0.4) is 0 Å². The second-order valence-electron chi connectivity index (χ2n) is 11.1. The van der Waals surface area contributed by atoms with Gasteiger partial charge in [-0.25, -0.2) is 4.58 Å². The van der Waals surface area contributed by atoms with Crippen molar-refractivity contribution < 1.29 is 36.8 Å². The quantitative estimate of drug-likeness (QED) is 0.170. The lowest BCUT2D eigenvalue weighted by Crippen LogP contribution is -2.26. The van der Waals surface area contributed by atoms with Crippen LogP contribution in [0.25, 0.3) is 5.57 Å². The van der Waals surface area contributed by atoms with Crippen LogP contribution in [0, 0.1) is 0 Å². The molecule has 0 radical (unpaired) electrons. The van der Waals surface area contributed by atoms with Gasteiger partial charge < -0.3 is 24.8 Å². The van der Waals surface area contributed by atoms with Gasteiger partial charge in [0.1, 0.15) is 24.6 Å². The van der Waals surface area contributed by atoms with Crippen LogP contribution in [-0.4, -0.2) is 83.4 Å². The summed E-state index contributed by atoms with van der Waals surface area (Å²) in [6.07, 6.45) is 3.98. The van der Waals surface area contributed by atoms with Gasteiger partial charge in [-0.2, -0.15) is 13.2 Å². The van der Waals surface area contributed by atoms with Gasteiger partial charge >= 0.3 is 6.18 Å². The summed E-state index contributed by atoms with van der Waals surface area (Å²) in [5.41, 5.74) is 12.8. The number of carbonyl (C=O) groups excluding carboxylic acids is 1. The van der Waals surface area contributed by atoms with Gasteiger partial charge in [0.05, 0.1) is 27.4 Å². The molecule has 2 aromatic rings. The lowest BCUT2D eigenvalue weighted by Gasteiger charge is -2.28. The predicted octanol–water partition coefficient (Wildman–Crippen LogP) is 11.5. The van der Waals surface area contributed by atoms with Crippen LogP contribution in [0.4, 0.5) is 18.9 Å². The third kappa shape index (κ3) is 17.0. The van der Waals surface area contributed by atoms with Crippen molar-refractivity contribution in [2.45, 2.75) is 94.7 Å². The van der Waals surface area contributed by atoms with E-state index in [-0.39, 0.29) is 5.12 Å². The number of thioether (sulfide) groups is 1. The number of anilines is 1. The molecule has 0 fully saturated rings. The molecule has 0 aliphatic heterocycles. The first-order chi connectivity index (χ1) is 26.8. The van der Waals surface area contributed by atoms with Crippen LogP contribution in [0.5, 0.6) is 5.75 Å². The van der Waals surface area contributed by atoms with Crippen LogP contribution < -0.4 is 15.4 Å². The molecular formula is C45H73F3N3O4S+. The zero-order valence-corrected chi connectivity index (χ0v) is 38.3. The van der Waals surface area contributed by atoms with Crippen molar-refractivity contribution in [3.05, 3.63) is 100 Å². The maximum Gasteiger partial charge on any atom is 0.411 e. The molecule has 0 bridgehead atoms. The number of allylic oxidation sites excluding steroid dienone is 3. The summed E-state index contributed by atoms with van der Waals surface area (Å²) in [6.45, 7) is 23.3. The van der Waals surface area contributed by atoms with Crippen molar-refractivity contribution in [2.75, 3.05) is 66.7 Å². The molecule has 0 atom stereocenters. The summed E-state index contributed by atoms with van der Waals surface area (Å²) in [5, 5.41) is 0.214. The summed E-state index contributed by atoms with van der Waals surface area (Å²) < 4.78 is 53.1. The fraction of sp³-hybridized carbons (Fsp3) is 0.511. The molecule has 0 saturated carbocycles. The highest BCUT2D eigenvalue weighted by atomic mass is 32.2. The third-order valence-electron chi connectivity index (χ3n) is 7.85. The minimum absolute atomic E-state index is 0.214. The molecule has 2 aromatic carbocycles. The number of hydrogen-bond donors (Lipinski definition) is 1. The van der Waals surface area contributed by atoms with E-state index in [1.165, 1.54) is 35.5 Å². The first-order valence-corrected chi connectivity index (χ1v) is 20.7. The smallest absolute Gasteiger partial charge is 0.411 e. The number of benzene rings is 2. The second kappa shape index (κ2) is 31.2. The zero-order chi connectivity index (χ0) is 44.2. The highest BCUT2D eigenvalue weighted by molar-refractivity contribution is 8.13. The fourth-order valence-corrected chi connectivity index (χ4v) is 5.61. The van der Waals surface area contributed by atoms with Crippen molar-refractivity contribution in [3.8, 4) is 5.75 Å². The van der Waals surface area contributed by atoms with Gasteiger partial charge in [0.2, 0.25) is 5.71 Å². The van der Waals surface area contributed by atoms with Crippen LogP contribution in [-0.2, 0) is 20.7 Å². The normalized spacial score (nSPS) is 14.1. The molecular weight excluding hydrogens is 736 g/mol. The van der Waals surface area contributed by atoms with Gasteiger partial charge in [-0.05, 0) is 86.2 Å². The van der Waals surface area contributed by atoms with Crippen molar-refractivity contribution in [2.24, 2.45) is 5.73 Å². The van der Waals surface area contributed by atoms with Crippen LogP contribution >= 0.6 is 11.8 Å². The minimum Gasteiger partial charge on any atom is -0.497 e. The number of carbonyl (C=O) groups is 1. The molecule has 11 heteroatoms. The van der Waals surface area contributed by atoms with Gasteiger partial charge in [0.15, 0.2) is 10.9 Å². The molecule has 0 unspecified atom stereocenters. The van der Waals surface area contributed by atoms with E-state index in [0.29, 0.717) is 6.42 Å². The number of hydrogen-bond acceptors (Lipinski definition) is 7. The average Bonchev–Trinajstić information content (AvgIpc) is 3.24. The predicted molar refractivity (Wildman–Crippen MR) is 238 cm³/mol. The molecule has 318 valence electrons. The van der Waals surface area contributed by atoms with E-state index in [4.69, 9.17) is 14.2 Å². The van der Waals surface area contributed by atoms with E-state index in [2.05, 4.69) is 85.3 Å². The summed E-state index contributed by atoms with van der Waals surface area (Å²) in [5.74, 6) is 2.41. The monoisotopic (exact) mass is 809 g/mol. The van der Waals surface area contributed by atoms with E-state index in [1.54, 1.807) is 21.3 Å². The number of halogens is 3. The highest BCUT2D eigenvalue weighted by Crippen LogP contribution is 2.43. The van der Waals surface area contributed by atoms with E-state index in [0.717, 1.165) is 78.2 Å². The Morgan fingerprint density at radius 2 is 1.36 bits per heavy atom. The van der Waals surface area contributed by atoms with Gasteiger partial charge in [-0.3, -0.25) is 4.79 Å². The van der Waals surface area contributed by atoms with Gasteiger partial charge in [-0.15, -0.1) is 0 Å². The van der Waals surface area contributed by atoms with Crippen LogP contribution in [0.15, 0.2) is 77.8 Å². The molecule has 7 nitrogen and oxygen atoms in total. The lowest BCUT2D eigenvalue weighted by atomic mass is 9.78. The van der Waals surface area contributed by atoms with Crippen LogP contribution in [0.2, 0.25) is 0 Å². The molecule has 2 aliphatic carbocycles. The van der Waals surface area contributed by atoms with Crippen molar-refractivity contribution >= 4 is 33.8 Å². The Morgan fingerprint density at radius 1 is 0.857 bits per heavy atom. The SMILES string of the molecule is C=C(C)C(F)(F)F.CC.CC.CC.CC.CC[N+](CCCC(=O)SC)=C1C=C(OC)/C(=C2\c3ccc(OC)cc3Cc3cc(N(C)C)ccc32)C=C1OC.CN. The number of nitrogens with zero attached hydrogens (tertiary/aromatic N) is 2. The number of ether oxygens (including phenoxy) is 3. The lowest BCUT2D eigenvalue weighted by molar-refractivity contribution is -0.524. The maximum atomic E-state index is 11.8. The Bertz CT molecular complexity index is 1590. The molecule has 0 heterocycles. The number of methoxy groups -OCH3 is 3. The van der Waals surface area contributed by atoms with Gasteiger partial charge in [0, 0.05) is 49.3 Å². The number of fused-ring (bicyclic) bond motifs is 2. The van der Waals surface area contributed by atoms with E-state index in [1.807, 2.05) is 67.7 Å². The zero-order valence-electron chi connectivity index (χ0n) is 37.5. The summed E-state index contributed by atoms with van der Waals surface area (Å²) in [6, 6.07) is 12.9. The number of rotatable bonds is 9. The second-order valence-corrected chi connectivity index (χ2v) is 11.9. The first-order valence-electron chi connectivity index (χ1n) is 19.5. The van der Waals surface area contributed by atoms with Gasteiger partial charge in [0.25, 0.3) is 0 Å². The summed E-state index contributed by atoms with van der Waals surface area (Å²) >= 11 is 1.29. The third-order valence-corrected chi connectivity index (χ3v) is 8.51. The largest absolute Gasteiger partial charge is 0.497 e. The molecule has 2 aliphatic rings. The Labute approximate surface area is 342 Å². The molecule has 0 aromatic heterocycles. The van der Waals surface area contributed by atoms with E-state index < -0.39 is 11.7 Å². The van der Waals surface area contributed by atoms with E-state index >= 15 is 0 Å². The standard InChI is InChI=1S/C32H39N2O4S.C4H5F3.4C2H6.CH5N/c1-8-34(15-9-10-31(35)39-7)28-20-29(37-5)27(19-30(28)38-6)32-25-13-11-23(33(2)3)17-21(25)16-22-18-24(36-4)12-14-26(22)32;1-3(2)4(5,6)7;5*1-2/h11-14,17-20H,8-10,15-16H2,1-7H3;1H2,2H3;4*1-2H3;2H2,1H3/q+1;;;;;;. The Kier molecular flexibility index (Phi) is 31.4.